The molecule has 0 amide bonds. The van der Waals surface area contributed by atoms with Gasteiger partial charge in [-0.15, -0.1) is 34.2 Å². The van der Waals surface area contributed by atoms with Gasteiger partial charge in [0.15, 0.2) is 11.8 Å². The average molecular weight is 485 g/mol. The van der Waals surface area contributed by atoms with E-state index in [1.807, 2.05) is 23.7 Å². The molecular formula is C18H28IN7O. The molecule has 0 unspecified atom stereocenters. The largest absolute Gasteiger partial charge is 0.495 e. The van der Waals surface area contributed by atoms with Crippen molar-refractivity contribution < 1.29 is 4.74 Å². The zero-order valence-corrected chi connectivity index (χ0v) is 18.5. The van der Waals surface area contributed by atoms with Crippen molar-refractivity contribution in [2.45, 2.75) is 20.0 Å². The molecule has 2 heterocycles. The first-order valence-electron chi connectivity index (χ1n) is 8.97. The minimum Gasteiger partial charge on any atom is -0.495 e. The topological polar surface area (TPSA) is 70.8 Å². The number of ether oxygens (including phenoxy) is 1. The molecule has 8 nitrogen and oxygen atoms in total. The van der Waals surface area contributed by atoms with E-state index in [0.717, 1.165) is 55.9 Å². The Morgan fingerprint density at radius 1 is 1.22 bits per heavy atom. The Labute approximate surface area is 177 Å². The van der Waals surface area contributed by atoms with Crippen LogP contribution >= 0.6 is 24.0 Å². The van der Waals surface area contributed by atoms with Crippen LogP contribution in [0.4, 0.5) is 5.69 Å². The maximum Gasteiger partial charge on any atom is 0.194 e. The molecule has 0 radical (unpaired) electrons. The quantitative estimate of drug-likeness (QED) is 0.396. The molecule has 1 saturated heterocycles. The van der Waals surface area contributed by atoms with E-state index in [4.69, 9.17) is 4.74 Å². The summed E-state index contributed by atoms with van der Waals surface area (Å²) in [7, 11) is 3.54. The summed E-state index contributed by atoms with van der Waals surface area (Å²) >= 11 is 0. The van der Waals surface area contributed by atoms with Gasteiger partial charge in [-0.1, -0.05) is 12.1 Å². The van der Waals surface area contributed by atoms with E-state index in [1.165, 1.54) is 0 Å². The van der Waals surface area contributed by atoms with Crippen LogP contribution in [0.25, 0.3) is 0 Å². The lowest BCUT2D eigenvalue weighted by Gasteiger charge is -2.38. The number of hydrogen-bond donors (Lipinski definition) is 1. The summed E-state index contributed by atoms with van der Waals surface area (Å²) in [6.07, 6.45) is 1.76. The van der Waals surface area contributed by atoms with Crippen LogP contribution in [0.1, 0.15) is 12.7 Å². The summed E-state index contributed by atoms with van der Waals surface area (Å²) in [5.41, 5.74) is 1.15. The summed E-state index contributed by atoms with van der Waals surface area (Å²) in [4.78, 5) is 9.06. The summed E-state index contributed by atoms with van der Waals surface area (Å²) in [5.74, 6) is 2.74. The number of aliphatic imine (C=N–C) groups is 1. The van der Waals surface area contributed by atoms with E-state index >= 15 is 0 Å². The van der Waals surface area contributed by atoms with Crippen molar-refractivity contribution in [1.82, 2.24) is 25.0 Å². The van der Waals surface area contributed by atoms with Gasteiger partial charge in [0, 0.05) is 39.8 Å². The summed E-state index contributed by atoms with van der Waals surface area (Å²) in [6.45, 7) is 7.21. The monoisotopic (exact) mass is 485 g/mol. The Balaban J connectivity index is 0.00000261. The molecule has 1 N–H and O–H groups in total. The summed E-state index contributed by atoms with van der Waals surface area (Å²) in [5, 5.41) is 11.5. The van der Waals surface area contributed by atoms with Crippen molar-refractivity contribution in [1.29, 1.82) is 0 Å². The first-order valence-corrected chi connectivity index (χ1v) is 8.97. The van der Waals surface area contributed by atoms with Gasteiger partial charge < -0.3 is 24.4 Å². The highest BCUT2D eigenvalue weighted by atomic mass is 127. The number of aromatic nitrogens is 3. The van der Waals surface area contributed by atoms with Crippen LogP contribution in [0.5, 0.6) is 5.75 Å². The standard InChI is InChI=1S/C18H27N7O.HI/c1-4-23-14-21-22-17(23)13-20-18(19-2)25-11-9-24(10-12-25)15-7-5-6-8-16(15)26-3;/h5-8,14H,4,9-13H2,1-3H3,(H,19,20);1H. The third kappa shape index (κ3) is 5.02. The van der Waals surface area contributed by atoms with Gasteiger partial charge in [-0.05, 0) is 19.1 Å². The molecule has 0 saturated carbocycles. The average Bonchev–Trinajstić information content (AvgIpc) is 3.16. The highest BCUT2D eigenvalue weighted by molar-refractivity contribution is 14.0. The molecule has 1 fully saturated rings. The Morgan fingerprint density at radius 3 is 2.63 bits per heavy atom. The molecule has 0 atom stereocenters. The first kappa shape index (κ1) is 21.3. The van der Waals surface area contributed by atoms with E-state index < -0.39 is 0 Å². The molecule has 1 aromatic heterocycles. The van der Waals surface area contributed by atoms with E-state index in [0.29, 0.717) is 6.54 Å². The molecule has 0 spiro atoms. The molecule has 2 aromatic rings. The van der Waals surface area contributed by atoms with Crippen molar-refractivity contribution >= 4 is 35.6 Å². The number of anilines is 1. The first-order chi connectivity index (χ1) is 12.8. The fraction of sp³-hybridized carbons (Fsp3) is 0.500. The van der Waals surface area contributed by atoms with Gasteiger partial charge in [0.25, 0.3) is 0 Å². The molecule has 0 aliphatic carbocycles. The van der Waals surface area contributed by atoms with E-state index in [-0.39, 0.29) is 24.0 Å². The van der Waals surface area contributed by atoms with Crippen LogP contribution in [0.2, 0.25) is 0 Å². The number of halogens is 1. The van der Waals surface area contributed by atoms with Gasteiger partial charge >= 0.3 is 0 Å². The fourth-order valence-electron chi connectivity index (χ4n) is 3.22. The van der Waals surface area contributed by atoms with Crippen LogP contribution in [0.15, 0.2) is 35.6 Å². The van der Waals surface area contributed by atoms with Crippen LogP contribution in [0.3, 0.4) is 0 Å². The predicted molar refractivity (Wildman–Crippen MR) is 118 cm³/mol. The van der Waals surface area contributed by atoms with Crippen LogP contribution in [-0.2, 0) is 13.1 Å². The number of guanidine groups is 1. The number of methoxy groups -OCH3 is 1. The molecular weight excluding hydrogens is 457 g/mol. The van der Waals surface area contributed by atoms with Crippen molar-refractivity contribution in [2.75, 3.05) is 45.2 Å². The summed E-state index contributed by atoms with van der Waals surface area (Å²) in [6, 6.07) is 8.17. The Bertz CT molecular complexity index is 741. The third-order valence-electron chi connectivity index (χ3n) is 4.66. The molecule has 27 heavy (non-hydrogen) atoms. The van der Waals surface area contributed by atoms with Crippen molar-refractivity contribution in [3.05, 3.63) is 36.4 Å². The van der Waals surface area contributed by atoms with Gasteiger partial charge in [0.2, 0.25) is 0 Å². The van der Waals surface area contributed by atoms with Crippen molar-refractivity contribution in [2.24, 2.45) is 4.99 Å². The Morgan fingerprint density at radius 2 is 1.96 bits per heavy atom. The molecule has 1 aromatic carbocycles. The van der Waals surface area contributed by atoms with Crippen LogP contribution < -0.4 is 15.0 Å². The second kappa shape index (κ2) is 10.3. The van der Waals surface area contributed by atoms with E-state index in [2.05, 4.69) is 49.4 Å². The SMILES string of the molecule is CCn1cnnc1CNC(=NC)N1CCN(c2ccccc2OC)CC1.I. The van der Waals surface area contributed by atoms with Crippen LogP contribution in [0, 0.1) is 0 Å². The number of para-hydroxylation sites is 2. The molecule has 9 heteroatoms. The number of nitrogens with one attached hydrogen (secondary N) is 1. The number of piperazine rings is 1. The molecule has 0 bridgehead atoms. The zero-order chi connectivity index (χ0) is 18.4. The lowest BCUT2D eigenvalue weighted by molar-refractivity contribution is 0.366. The second-order valence-corrected chi connectivity index (χ2v) is 6.08. The molecule has 1 aliphatic heterocycles. The number of hydrogen-bond acceptors (Lipinski definition) is 5. The summed E-state index contributed by atoms with van der Waals surface area (Å²) < 4.78 is 7.52. The zero-order valence-electron chi connectivity index (χ0n) is 16.1. The lowest BCUT2D eigenvalue weighted by atomic mass is 10.2. The fourth-order valence-corrected chi connectivity index (χ4v) is 3.22. The van der Waals surface area contributed by atoms with Gasteiger partial charge in [-0.3, -0.25) is 4.99 Å². The minimum atomic E-state index is 0. The van der Waals surface area contributed by atoms with Crippen molar-refractivity contribution in [3.8, 4) is 5.75 Å². The number of nitrogens with zero attached hydrogens (tertiary/aromatic N) is 6. The van der Waals surface area contributed by atoms with Gasteiger partial charge in [-0.2, -0.15) is 0 Å². The number of aryl methyl sites for hydroxylation is 1. The Kier molecular flexibility index (Phi) is 8.14. The lowest BCUT2D eigenvalue weighted by Crippen LogP contribution is -2.52. The normalized spacial score (nSPS) is 14.7. The molecule has 1 aliphatic rings. The van der Waals surface area contributed by atoms with Gasteiger partial charge in [-0.25, -0.2) is 0 Å². The van der Waals surface area contributed by atoms with Crippen LogP contribution in [-0.4, -0.2) is 66.0 Å². The maximum absolute atomic E-state index is 5.49. The smallest absolute Gasteiger partial charge is 0.194 e. The van der Waals surface area contributed by atoms with E-state index in [1.54, 1.807) is 13.4 Å². The van der Waals surface area contributed by atoms with E-state index in [9.17, 15) is 0 Å². The van der Waals surface area contributed by atoms with Crippen molar-refractivity contribution in [3.63, 3.8) is 0 Å². The van der Waals surface area contributed by atoms with Gasteiger partial charge in [0.05, 0.1) is 19.3 Å². The highest BCUT2D eigenvalue weighted by Gasteiger charge is 2.21. The predicted octanol–water partition coefficient (Wildman–Crippen LogP) is 1.82. The number of rotatable bonds is 5. The Hall–Kier alpha value is -2.04. The molecule has 148 valence electrons. The third-order valence-corrected chi connectivity index (χ3v) is 4.66. The maximum atomic E-state index is 5.49. The number of benzene rings is 1. The minimum absolute atomic E-state index is 0. The molecule has 3 rings (SSSR count). The second-order valence-electron chi connectivity index (χ2n) is 6.08. The van der Waals surface area contributed by atoms with Gasteiger partial charge in [0.1, 0.15) is 12.1 Å². The highest BCUT2D eigenvalue weighted by Crippen LogP contribution is 2.28.